The van der Waals surface area contributed by atoms with Gasteiger partial charge in [-0.25, -0.2) is 0 Å². The maximum absolute atomic E-state index is 13.1. The molecule has 0 aromatic rings. The lowest BCUT2D eigenvalue weighted by Gasteiger charge is -2.47. The van der Waals surface area contributed by atoms with Gasteiger partial charge in [0.15, 0.2) is 0 Å². The molecule has 2 aliphatic heterocycles. The minimum atomic E-state index is -0.620. The number of rotatable bonds is 2. The molecule has 3 aliphatic rings. The number of nitrogens with one attached hydrogen (secondary N) is 1. The van der Waals surface area contributed by atoms with E-state index in [2.05, 4.69) is 5.32 Å². The van der Waals surface area contributed by atoms with Gasteiger partial charge < -0.3 is 15.0 Å². The average molecular weight is 280 g/mol. The van der Waals surface area contributed by atoms with Crippen LogP contribution in [0.5, 0.6) is 0 Å². The fourth-order valence-corrected chi connectivity index (χ4v) is 4.05. The first-order valence-corrected chi connectivity index (χ1v) is 7.85. The Kier molecular flexibility index (Phi) is 3.48. The summed E-state index contributed by atoms with van der Waals surface area (Å²) >= 11 is 0. The van der Waals surface area contributed by atoms with E-state index in [9.17, 15) is 9.59 Å². The Balaban J connectivity index is 1.93. The van der Waals surface area contributed by atoms with Crippen LogP contribution in [0.25, 0.3) is 0 Å². The Morgan fingerprint density at radius 2 is 2.05 bits per heavy atom. The second-order valence-corrected chi connectivity index (χ2v) is 6.35. The molecular weight excluding hydrogens is 256 g/mol. The summed E-state index contributed by atoms with van der Waals surface area (Å²) in [5.41, 5.74) is -0.620. The van der Waals surface area contributed by atoms with Crippen molar-refractivity contribution < 1.29 is 14.3 Å². The largest absolute Gasteiger partial charge is 0.376 e. The van der Waals surface area contributed by atoms with E-state index in [1.165, 1.54) is 0 Å². The summed E-state index contributed by atoms with van der Waals surface area (Å²) in [6, 6.07) is -0.279. The number of hydrogen-bond donors (Lipinski definition) is 1. The second-order valence-electron chi connectivity index (χ2n) is 6.35. The van der Waals surface area contributed by atoms with Gasteiger partial charge in [0.1, 0.15) is 11.6 Å². The minimum absolute atomic E-state index is 0.0214. The van der Waals surface area contributed by atoms with Crippen LogP contribution >= 0.6 is 0 Å². The predicted octanol–water partition coefficient (Wildman–Crippen LogP) is 1.21. The first-order chi connectivity index (χ1) is 9.59. The van der Waals surface area contributed by atoms with Crippen molar-refractivity contribution in [1.29, 1.82) is 0 Å². The quantitative estimate of drug-likeness (QED) is 0.827. The fourth-order valence-electron chi connectivity index (χ4n) is 4.05. The van der Waals surface area contributed by atoms with Gasteiger partial charge in [-0.15, -0.1) is 0 Å². The van der Waals surface area contributed by atoms with Gasteiger partial charge in [0.05, 0.1) is 12.1 Å². The van der Waals surface area contributed by atoms with Gasteiger partial charge in [-0.2, -0.15) is 0 Å². The van der Waals surface area contributed by atoms with Crippen LogP contribution < -0.4 is 5.32 Å². The molecule has 2 saturated heterocycles. The lowest BCUT2D eigenvalue weighted by Crippen LogP contribution is -2.71. The highest BCUT2D eigenvalue weighted by Gasteiger charge is 2.54. The lowest BCUT2D eigenvalue weighted by molar-refractivity contribution is -0.159. The zero-order valence-corrected chi connectivity index (χ0v) is 12.4. The van der Waals surface area contributed by atoms with Crippen LogP contribution in [0.3, 0.4) is 0 Å². The SMILES string of the molecule is CCC1C(=O)NC2(CCCC2)C(=O)N1C1CCOC1C. The van der Waals surface area contributed by atoms with Crippen LogP contribution in [-0.4, -0.2) is 47.0 Å². The third kappa shape index (κ3) is 1.94. The van der Waals surface area contributed by atoms with Gasteiger partial charge in [-0.05, 0) is 32.6 Å². The molecule has 1 saturated carbocycles. The molecule has 3 rings (SSSR count). The molecule has 0 radical (unpaired) electrons. The van der Waals surface area contributed by atoms with E-state index >= 15 is 0 Å². The number of nitrogens with zero attached hydrogens (tertiary/aromatic N) is 1. The number of amides is 2. The van der Waals surface area contributed by atoms with Crippen LogP contribution in [0.15, 0.2) is 0 Å². The molecule has 20 heavy (non-hydrogen) atoms. The Hall–Kier alpha value is -1.10. The van der Waals surface area contributed by atoms with Crippen molar-refractivity contribution in [3.05, 3.63) is 0 Å². The summed E-state index contributed by atoms with van der Waals surface area (Å²) in [6.45, 7) is 4.66. The second kappa shape index (κ2) is 5.02. The van der Waals surface area contributed by atoms with E-state index in [4.69, 9.17) is 4.74 Å². The lowest BCUT2D eigenvalue weighted by atomic mass is 9.88. The number of carbonyl (C=O) groups excluding carboxylic acids is 2. The summed E-state index contributed by atoms with van der Waals surface area (Å²) < 4.78 is 5.62. The van der Waals surface area contributed by atoms with Crippen LogP contribution in [0.2, 0.25) is 0 Å². The molecule has 5 heteroatoms. The molecule has 3 fully saturated rings. The van der Waals surface area contributed by atoms with Gasteiger partial charge in [-0.3, -0.25) is 9.59 Å². The Morgan fingerprint density at radius 1 is 1.35 bits per heavy atom. The third-order valence-corrected chi connectivity index (χ3v) is 5.18. The third-order valence-electron chi connectivity index (χ3n) is 5.18. The molecule has 3 atom stereocenters. The topological polar surface area (TPSA) is 58.6 Å². The van der Waals surface area contributed by atoms with E-state index in [0.717, 1.165) is 32.1 Å². The van der Waals surface area contributed by atoms with E-state index in [-0.39, 0.29) is 30.0 Å². The maximum Gasteiger partial charge on any atom is 0.249 e. The highest BCUT2D eigenvalue weighted by atomic mass is 16.5. The van der Waals surface area contributed by atoms with Crippen molar-refractivity contribution in [2.45, 2.75) is 76.1 Å². The smallest absolute Gasteiger partial charge is 0.249 e. The highest BCUT2D eigenvalue weighted by Crippen LogP contribution is 2.37. The van der Waals surface area contributed by atoms with Gasteiger partial charge >= 0.3 is 0 Å². The summed E-state index contributed by atoms with van der Waals surface area (Å²) in [5, 5.41) is 3.04. The van der Waals surface area contributed by atoms with E-state index in [1.807, 2.05) is 18.7 Å². The Labute approximate surface area is 120 Å². The average Bonchev–Trinajstić information content (AvgIpc) is 3.04. The van der Waals surface area contributed by atoms with Gasteiger partial charge in [0, 0.05) is 6.61 Å². The van der Waals surface area contributed by atoms with Crippen molar-refractivity contribution in [2.75, 3.05) is 6.61 Å². The van der Waals surface area contributed by atoms with Crippen molar-refractivity contribution in [3.63, 3.8) is 0 Å². The molecule has 1 spiro atoms. The number of piperazine rings is 1. The van der Waals surface area contributed by atoms with Crippen LogP contribution in [-0.2, 0) is 14.3 Å². The molecule has 5 nitrogen and oxygen atoms in total. The predicted molar refractivity (Wildman–Crippen MR) is 74.1 cm³/mol. The molecule has 2 heterocycles. The van der Waals surface area contributed by atoms with Crippen molar-refractivity contribution in [3.8, 4) is 0 Å². The first-order valence-electron chi connectivity index (χ1n) is 7.85. The molecule has 1 N–H and O–H groups in total. The fraction of sp³-hybridized carbons (Fsp3) is 0.867. The Bertz CT molecular complexity index is 417. The summed E-state index contributed by atoms with van der Waals surface area (Å²) in [6.07, 6.45) is 5.14. The van der Waals surface area contributed by atoms with Crippen molar-refractivity contribution in [1.82, 2.24) is 10.2 Å². The molecule has 0 aromatic carbocycles. The zero-order valence-electron chi connectivity index (χ0n) is 12.4. The molecule has 0 aromatic heterocycles. The van der Waals surface area contributed by atoms with Crippen molar-refractivity contribution >= 4 is 11.8 Å². The highest BCUT2D eigenvalue weighted by molar-refractivity contribution is 6.00. The minimum Gasteiger partial charge on any atom is -0.376 e. The number of ether oxygens (including phenoxy) is 1. The van der Waals surface area contributed by atoms with E-state index < -0.39 is 5.54 Å². The zero-order chi connectivity index (χ0) is 14.3. The molecule has 3 unspecified atom stereocenters. The Morgan fingerprint density at radius 3 is 2.60 bits per heavy atom. The summed E-state index contributed by atoms with van der Waals surface area (Å²) in [4.78, 5) is 27.4. The normalized spacial score (nSPS) is 36.7. The van der Waals surface area contributed by atoms with Crippen LogP contribution in [0.4, 0.5) is 0 Å². The maximum atomic E-state index is 13.1. The van der Waals surface area contributed by atoms with E-state index in [0.29, 0.717) is 13.0 Å². The number of carbonyl (C=O) groups is 2. The van der Waals surface area contributed by atoms with Gasteiger partial charge in [0.2, 0.25) is 11.8 Å². The molecule has 1 aliphatic carbocycles. The molecule has 2 amide bonds. The monoisotopic (exact) mass is 280 g/mol. The summed E-state index contributed by atoms with van der Waals surface area (Å²) in [7, 11) is 0. The molecule has 0 bridgehead atoms. The molecular formula is C15H24N2O3. The standard InChI is InChI=1S/C15H24N2O3/c1-3-11-13(18)16-15(7-4-5-8-15)14(19)17(11)12-6-9-20-10(12)2/h10-12H,3-9H2,1-2H3,(H,16,18). The first kappa shape index (κ1) is 13.9. The van der Waals surface area contributed by atoms with Crippen LogP contribution in [0, 0.1) is 0 Å². The van der Waals surface area contributed by atoms with Gasteiger partial charge in [-0.1, -0.05) is 19.8 Å². The van der Waals surface area contributed by atoms with E-state index in [1.54, 1.807) is 0 Å². The van der Waals surface area contributed by atoms with Gasteiger partial charge in [0.25, 0.3) is 0 Å². The molecule has 112 valence electrons. The van der Waals surface area contributed by atoms with Crippen molar-refractivity contribution in [2.24, 2.45) is 0 Å². The summed E-state index contributed by atoms with van der Waals surface area (Å²) in [5.74, 6) is 0.150. The van der Waals surface area contributed by atoms with Crippen LogP contribution in [0.1, 0.15) is 52.4 Å². The number of hydrogen-bond acceptors (Lipinski definition) is 3.